The van der Waals surface area contributed by atoms with E-state index in [1.54, 1.807) is 6.07 Å². The molecule has 0 atom stereocenters. The number of non-ortho nitro benzene ring substituents is 1. The van der Waals surface area contributed by atoms with Crippen molar-refractivity contribution in [2.45, 2.75) is 38.4 Å². The van der Waals surface area contributed by atoms with Gasteiger partial charge in [0.2, 0.25) is 5.91 Å². The van der Waals surface area contributed by atoms with Crippen LogP contribution in [0.5, 0.6) is 0 Å². The monoisotopic (exact) mass is 349 g/mol. The lowest BCUT2D eigenvalue weighted by atomic mass is 10.3. The highest BCUT2D eigenvalue weighted by Crippen LogP contribution is 2.20. The number of nitrogens with one attached hydrogen (secondary N) is 1. The zero-order chi connectivity index (χ0) is 17.5. The average molecular weight is 349 g/mol. The highest BCUT2D eigenvalue weighted by Gasteiger charge is 2.13. The largest absolute Gasteiger partial charge is 0.325 e. The number of nitro groups is 1. The fourth-order valence-corrected chi connectivity index (χ4v) is 2.94. The van der Waals surface area contributed by atoms with Gasteiger partial charge in [0.25, 0.3) is 5.69 Å². The zero-order valence-electron chi connectivity index (χ0n) is 13.6. The number of rotatable bonds is 8. The third-order valence-corrected chi connectivity index (χ3v) is 4.20. The summed E-state index contributed by atoms with van der Waals surface area (Å²) in [5.74, 6) is 0.817. The van der Waals surface area contributed by atoms with Crippen molar-refractivity contribution in [1.82, 2.24) is 14.8 Å². The summed E-state index contributed by atoms with van der Waals surface area (Å²) in [6, 6.07) is 5.86. The summed E-state index contributed by atoms with van der Waals surface area (Å²) < 4.78 is 2.02. The van der Waals surface area contributed by atoms with Crippen LogP contribution in [0.2, 0.25) is 0 Å². The van der Waals surface area contributed by atoms with Crippen LogP contribution in [0, 0.1) is 10.1 Å². The average Bonchev–Trinajstić information content (AvgIpc) is 2.95. The lowest BCUT2D eigenvalue weighted by Crippen LogP contribution is -2.15. The van der Waals surface area contributed by atoms with Gasteiger partial charge in [-0.2, -0.15) is 0 Å². The van der Waals surface area contributed by atoms with Crippen LogP contribution in [0.3, 0.4) is 0 Å². The van der Waals surface area contributed by atoms with E-state index in [4.69, 9.17) is 0 Å². The molecule has 0 aliphatic heterocycles. The Labute approximate surface area is 143 Å². The Morgan fingerprint density at radius 2 is 2.17 bits per heavy atom. The van der Waals surface area contributed by atoms with Crippen LogP contribution in [0.4, 0.5) is 11.4 Å². The summed E-state index contributed by atoms with van der Waals surface area (Å²) >= 11 is 1.30. The summed E-state index contributed by atoms with van der Waals surface area (Å²) in [6.45, 7) is 4.90. The predicted octanol–water partition coefficient (Wildman–Crippen LogP) is 2.89. The lowest BCUT2D eigenvalue weighted by Gasteiger charge is -2.08. The Balaban J connectivity index is 1.97. The molecule has 0 unspecified atom stereocenters. The number of aromatic nitrogens is 3. The number of anilines is 1. The molecule has 128 valence electrons. The van der Waals surface area contributed by atoms with Crippen LogP contribution >= 0.6 is 11.8 Å². The molecule has 0 radical (unpaired) electrons. The van der Waals surface area contributed by atoms with Gasteiger partial charge in [0.05, 0.1) is 10.7 Å². The molecule has 0 saturated heterocycles. The van der Waals surface area contributed by atoms with Crippen molar-refractivity contribution in [3.8, 4) is 0 Å². The van der Waals surface area contributed by atoms with Gasteiger partial charge in [-0.25, -0.2) is 0 Å². The maximum atomic E-state index is 12.1. The SMILES string of the molecule is CCCn1c(CC)nnc1SCC(=O)Nc1cccc([N+](=O)[O-])c1. The minimum absolute atomic E-state index is 0.0595. The smallest absolute Gasteiger partial charge is 0.271 e. The van der Waals surface area contributed by atoms with E-state index < -0.39 is 4.92 Å². The van der Waals surface area contributed by atoms with Gasteiger partial charge in [0.15, 0.2) is 5.16 Å². The molecule has 1 aromatic heterocycles. The number of amides is 1. The number of carbonyl (C=O) groups excluding carboxylic acids is 1. The van der Waals surface area contributed by atoms with Gasteiger partial charge in [-0.1, -0.05) is 31.7 Å². The van der Waals surface area contributed by atoms with Gasteiger partial charge in [-0.3, -0.25) is 14.9 Å². The predicted molar refractivity (Wildman–Crippen MR) is 92.1 cm³/mol. The number of aryl methyl sites for hydroxylation is 1. The van der Waals surface area contributed by atoms with Gasteiger partial charge in [0.1, 0.15) is 5.82 Å². The first-order chi connectivity index (χ1) is 11.5. The number of hydrogen-bond donors (Lipinski definition) is 1. The Morgan fingerprint density at radius 3 is 2.83 bits per heavy atom. The van der Waals surface area contributed by atoms with Crippen LogP contribution in [0.1, 0.15) is 26.1 Å². The summed E-state index contributed by atoms with van der Waals surface area (Å²) in [4.78, 5) is 22.3. The molecule has 0 aliphatic rings. The summed E-state index contributed by atoms with van der Waals surface area (Å²) in [5.41, 5.74) is 0.342. The van der Waals surface area contributed by atoms with Gasteiger partial charge < -0.3 is 9.88 Å². The first-order valence-corrected chi connectivity index (χ1v) is 8.62. The Bertz CT molecular complexity index is 732. The van der Waals surface area contributed by atoms with Crippen molar-refractivity contribution in [3.63, 3.8) is 0 Å². The topological polar surface area (TPSA) is 103 Å². The normalized spacial score (nSPS) is 10.6. The van der Waals surface area contributed by atoms with Crippen molar-refractivity contribution in [2.75, 3.05) is 11.1 Å². The molecule has 1 amide bonds. The Hall–Kier alpha value is -2.42. The molecule has 1 aromatic carbocycles. The molecule has 0 spiro atoms. The Morgan fingerprint density at radius 1 is 1.38 bits per heavy atom. The van der Waals surface area contributed by atoms with Crippen LogP contribution in [-0.4, -0.2) is 31.3 Å². The fourth-order valence-electron chi connectivity index (χ4n) is 2.16. The van der Waals surface area contributed by atoms with E-state index in [1.807, 2.05) is 11.5 Å². The van der Waals surface area contributed by atoms with Crippen molar-refractivity contribution in [1.29, 1.82) is 0 Å². The highest BCUT2D eigenvalue weighted by atomic mass is 32.2. The van der Waals surface area contributed by atoms with Gasteiger partial charge in [-0.05, 0) is 12.5 Å². The van der Waals surface area contributed by atoms with Gasteiger partial charge in [0, 0.05) is 30.8 Å². The molecule has 0 aliphatic carbocycles. The van der Waals surface area contributed by atoms with Crippen molar-refractivity contribution < 1.29 is 9.72 Å². The first kappa shape index (κ1) is 17.9. The second kappa shape index (κ2) is 8.44. The lowest BCUT2D eigenvalue weighted by molar-refractivity contribution is -0.384. The molecule has 0 saturated carbocycles. The highest BCUT2D eigenvalue weighted by molar-refractivity contribution is 7.99. The van der Waals surface area contributed by atoms with Crippen molar-refractivity contribution in [3.05, 3.63) is 40.2 Å². The van der Waals surface area contributed by atoms with E-state index in [1.165, 1.54) is 30.0 Å². The number of nitrogens with zero attached hydrogens (tertiary/aromatic N) is 4. The molecule has 0 fully saturated rings. The molecule has 1 N–H and O–H groups in total. The minimum Gasteiger partial charge on any atom is -0.325 e. The van der Waals surface area contributed by atoms with Crippen LogP contribution < -0.4 is 5.32 Å². The van der Waals surface area contributed by atoms with E-state index in [9.17, 15) is 14.9 Å². The van der Waals surface area contributed by atoms with Crippen LogP contribution in [0.25, 0.3) is 0 Å². The molecule has 2 aromatic rings. The van der Waals surface area contributed by atoms with E-state index in [0.717, 1.165) is 25.2 Å². The fraction of sp³-hybridized carbons (Fsp3) is 0.400. The van der Waals surface area contributed by atoms with Crippen molar-refractivity contribution >= 4 is 29.0 Å². The zero-order valence-corrected chi connectivity index (χ0v) is 14.4. The Kier molecular flexibility index (Phi) is 6.30. The first-order valence-electron chi connectivity index (χ1n) is 7.64. The van der Waals surface area contributed by atoms with Crippen LogP contribution in [0.15, 0.2) is 29.4 Å². The summed E-state index contributed by atoms with van der Waals surface area (Å²) in [7, 11) is 0. The third kappa shape index (κ3) is 4.54. The number of benzene rings is 1. The maximum Gasteiger partial charge on any atom is 0.271 e. The van der Waals surface area contributed by atoms with Gasteiger partial charge in [-0.15, -0.1) is 10.2 Å². The molecule has 2 rings (SSSR count). The van der Waals surface area contributed by atoms with Crippen LogP contribution in [-0.2, 0) is 17.8 Å². The quantitative estimate of drug-likeness (QED) is 0.446. The molecule has 1 heterocycles. The van der Waals surface area contributed by atoms with E-state index in [-0.39, 0.29) is 17.3 Å². The molecular weight excluding hydrogens is 330 g/mol. The second-order valence-electron chi connectivity index (χ2n) is 5.05. The van der Waals surface area contributed by atoms with E-state index in [2.05, 4.69) is 22.4 Å². The number of nitro benzene ring substituents is 1. The maximum absolute atomic E-state index is 12.1. The summed E-state index contributed by atoms with van der Waals surface area (Å²) in [5, 5.41) is 22.4. The standard InChI is InChI=1S/C15H19N5O3S/c1-3-8-19-13(4-2)17-18-15(19)24-10-14(21)16-11-6-5-7-12(9-11)20(22)23/h5-7,9H,3-4,8,10H2,1-2H3,(H,16,21). The number of hydrogen-bond acceptors (Lipinski definition) is 6. The molecule has 0 bridgehead atoms. The summed E-state index contributed by atoms with van der Waals surface area (Å²) in [6.07, 6.45) is 1.74. The van der Waals surface area contributed by atoms with E-state index in [0.29, 0.717) is 10.8 Å². The number of thioether (sulfide) groups is 1. The molecule has 9 heteroatoms. The van der Waals surface area contributed by atoms with Crippen molar-refractivity contribution in [2.24, 2.45) is 0 Å². The third-order valence-electron chi connectivity index (χ3n) is 3.23. The molecule has 24 heavy (non-hydrogen) atoms. The minimum atomic E-state index is -0.496. The van der Waals surface area contributed by atoms with E-state index >= 15 is 0 Å². The number of carbonyl (C=O) groups is 1. The second-order valence-corrected chi connectivity index (χ2v) is 5.99. The molecular formula is C15H19N5O3S. The van der Waals surface area contributed by atoms with Gasteiger partial charge >= 0.3 is 0 Å². The molecule has 8 nitrogen and oxygen atoms in total.